The molecule has 0 amide bonds. The van der Waals surface area contributed by atoms with E-state index >= 15 is 4.39 Å². The lowest BCUT2D eigenvalue weighted by atomic mass is 10.1. The minimum Gasteiger partial charge on any atom is -0.489 e. The van der Waals surface area contributed by atoms with Gasteiger partial charge in [0.05, 0.1) is 18.0 Å². The summed E-state index contributed by atoms with van der Waals surface area (Å²) in [6.07, 6.45) is -3.24. The molecular weight excluding hydrogens is 472 g/mol. The Kier molecular flexibility index (Phi) is 5.43. The molecule has 2 heterocycles. The van der Waals surface area contributed by atoms with Crippen LogP contribution in [0, 0.1) is 12.4 Å². The molecule has 1 N–H and O–H groups in total. The number of nitrogens with zero attached hydrogens (tertiary/aromatic N) is 3. The van der Waals surface area contributed by atoms with Crippen molar-refractivity contribution >= 4 is 43.6 Å². The third-order valence-electron chi connectivity index (χ3n) is 4.52. The molecule has 0 radical (unpaired) electrons. The number of hydrogen-bond acceptors (Lipinski definition) is 6. The first kappa shape index (κ1) is 21.8. The zero-order valence-electron chi connectivity index (χ0n) is 15.9. The Morgan fingerprint density at radius 3 is 2.69 bits per heavy atom. The molecule has 0 bridgehead atoms. The highest BCUT2D eigenvalue weighted by Gasteiger charge is 2.33. The molecular formula is C19H12F4N4O3S2. The van der Waals surface area contributed by atoms with Crippen molar-refractivity contribution in [3.8, 4) is 5.75 Å². The van der Waals surface area contributed by atoms with Crippen molar-refractivity contribution in [2.75, 3.05) is 22.8 Å². The zero-order chi connectivity index (χ0) is 23.1. The van der Waals surface area contributed by atoms with E-state index in [-0.39, 0.29) is 41.1 Å². The number of rotatable bonds is 4. The highest BCUT2D eigenvalue weighted by Crippen LogP contribution is 2.45. The molecule has 1 aliphatic heterocycles. The maximum absolute atomic E-state index is 15.1. The summed E-state index contributed by atoms with van der Waals surface area (Å²) in [4.78, 5) is 7.86. The lowest BCUT2D eigenvalue weighted by molar-refractivity contribution is -0.137. The molecule has 7 nitrogen and oxygen atoms in total. The number of anilines is 3. The SMILES string of the molecule is [C-]#[N+]c1cc(C(F)(F)F)ccc1N1CCOc2cc(S(=O)(=O)Nc3nccs3)cc(F)c21. The third-order valence-corrected chi connectivity index (χ3v) is 6.66. The van der Waals surface area contributed by atoms with Gasteiger partial charge in [0.25, 0.3) is 10.0 Å². The normalized spacial score (nSPS) is 13.8. The number of hydrogen-bond donors (Lipinski definition) is 1. The fourth-order valence-corrected chi connectivity index (χ4v) is 4.96. The van der Waals surface area contributed by atoms with Crippen LogP contribution in [0.2, 0.25) is 0 Å². The predicted octanol–water partition coefficient (Wildman–Crippen LogP) is 5.18. The molecule has 3 aromatic rings. The number of fused-ring (bicyclic) bond motifs is 1. The Morgan fingerprint density at radius 1 is 1.25 bits per heavy atom. The Balaban J connectivity index is 1.76. The van der Waals surface area contributed by atoms with E-state index in [4.69, 9.17) is 11.3 Å². The average Bonchev–Trinajstić information content (AvgIpc) is 3.24. The van der Waals surface area contributed by atoms with Gasteiger partial charge in [-0.3, -0.25) is 4.72 Å². The van der Waals surface area contributed by atoms with E-state index in [9.17, 15) is 21.6 Å². The molecule has 0 saturated heterocycles. The average molecular weight is 484 g/mol. The summed E-state index contributed by atoms with van der Waals surface area (Å²) in [6.45, 7) is 7.30. The van der Waals surface area contributed by atoms with E-state index in [2.05, 4.69) is 14.6 Å². The molecule has 1 aromatic heterocycles. The number of thiazole rings is 1. The van der Waals surface area contributed by atoms with E-state index < -0.39 is 32.5 Å². The fourth-order valence-electron chi connectivity index (χ4n) is 3.14. The van der Waals surface area contributed by atoms with Crippen molar-refractivity contribution in [2.24, 2.45) is 0 Å². The van der Waals surface area contributed by atoms with Gasteiger partial charge in [-0.2, -0.15) is 13.2 Å². The first-order chi connectivity index (χ1) is 15.1. The van der Waals surface area contributed by atoms with Crippen LogP contribution in [0.1, 0.15) is 5.56 Å². The molecule has 0 saturated carbocycles. The Hall–Kier alpha value is -3.37. The van der Waals surface area contributed by atoms with Gasteiger partial charge in [0.15, 0.2) is 10.9 Å². The topological polar surface area (TPSA) is 75.9 Å². The summed E-state index contributed by atoms with van der Waals surface area (Å²) in [5.41, 5.74) is -1.45. The summed E-state index contributed by atoms with van der Waals surface area (Å²) in [5.74, 6) is -1.09. The predicted molar refractivity (Wildman–Crippen MR) is 110 cm³/mol. The van der Waals surface area contributed by atoms with Crippen LogP contribution in [0.25, 0.3) is 4.85 Å². The summed E-state index contributed by atoms with van der Waals surface area (Å²) in [7, 11) is -4.17. The van der Waals surface area contributed by atoms with Gasteiger partial charge in [-0.15, -0.1) is 11.3 Å². The molecule has 0 aliphatic carbocycles. The number of nitrogens with one attached hydrogen (secondary N) is 1. The Labute approximate surface area is 183 Å². The first-order valence-electron chi connectivity index (χ1n) is 8.85. The number of aromatic nitrogens is 1. The molecule has 2 aromatic carbocycles. The minimum absolute atomic E-state index is 0.00564. The van der Waals surface area contributed by atoms with Gasteiger partial charge in [-0.1, -0.05) is 6.07 Å². The van der Waals surface area contributed by atoms with Gasteiger partial charge in [-0.25, -0.2) is 22.6 Å². The molecule has 166 valence electrons. The van der Waals surface area contributed by atoms with Crippen molar-refractivity contribution in [3.63, 3.8) is 0 Å². The smallest absolute Gasteiger partial charge is 0.415 e. The standard InChI is InChI=1S/C19H12F4N4O3S2/c1-24-14-8-11(19(21,22)23)2-3-15(14)27-5-6-30-16-10-12(9-13(20)17(16)27)32(28,29)26-18-25-4-7-31-18/h2-4,7-10H,5-6H2,(H,25,26). The minimum atomic E-state index is -4.64. The molecule has 32 heavy (non-hydrogen) atoms. The summed E-state index contributed by atoms with van der Waals surface area (Å²) in [5, 5.41) is 1.66. The molecule has 13 heteroatoms. The maximum atomic E-state index is 15.1. The summed E-state index contributed by atoms with van der Waals surface area (Å²) in [6, 6.07) is 4.46. The van der Waals surface area contributed by atoms with Crippen LogP contribution in [-0.2, 0) is 16.2 Å². The Bertz CT molecular complexity index is 1320. The second-order valence-electron chi connectivity index (χ2n) is 6.51. The number of sulfonamides is 1. The number of alkyl halides is 3. The van der Waals surface area contributed by atoms with Crippen molar-refractivity contribution < 1.29 is 30.7 Å². The molecule has 0 atom stereocenters. The highest BCUT2D eigenvalue weighted by molar-refractivity contribution is 7.93. The van der Waals surface area contributed by atoms with Crippen LogP contribution in [0.4, 0.5) is 39.8 Å². The van der Waals surface area contributed by atoms with Gasteiger partial charge < -0.3 is 9.64 Å². The molecule has 4 rings (SSSR count). The van der Waals surface area contributed by atoms with E-state index in [0.29, 0.717) is 6.07 Å². The number of benzene rings is 2. The van der Waals surface area contributed by atoms with Gasteiger partial charge in [0.2, 0.25) is 5.69 Å². The molecule has 0 unspecified atom stereocenters. The van der Waals surface area contributed by atoms with E-state index in [1.807, 2.05) is 0 Å². The van der Waals surface area contributed by atoms with Crippen molar-refractivity contribution in [2.45, 2.75) is 11.1 Å². The van der Waals surface area contributed by atoms with Gasteiger partial charge in [-0.05, 0) is 18.2 Å². The molecule has 0 fully saturated rings. The van der Waals surface area contributed by atoms with Crippen LogP contribution in [-0.4, -0.2) is 26.6 Å². The maximum Gasteiger partial charge on any atom is 0.415 e. The second-order valence-corrected chi connectivity index (χ2v) is 9.08. The number of halogens is 4. The van der Waals surface area contributed by atoms with Crippen molar-refractivity contribution in [1.82, 2.24) is 4.98 Å². The van der Waals surface area contributed by atoms with Crippen LogP contribution in [0.3, 0.4) is 0 Å². The highest BCUT2D eigenvalue weighted by atomic mass is 32.2. The van der Waals surface area contributed by atoms with Gasteiger partial charge in [0.1, 0.15) is 18.0 Å². The largest absolute Gasteiger partial charge is 0.489 e. The monoisotopic (exact) mass is 484 g/mol. The quantitative estimate of drug-likeness (QED) is 0.408. The van der Waals surface area contributed by atoms with Crippen LogP contribution in [0.5, 0.6) is 5.75 Å². The molecule has 1 aliphatic rings. The van der Waals surface area contributed by atoms with Gasteiger partial charge >= 0.3 is 6.18 Å². The third kappa shape index (κ3) is 4.06. The summed E-state index contributed by atoms with van der Waals surface area (Å²) >= 11 is 1.04. The number of ether oxygens (including phenoxy) is 1. The molecule has 0 spiro atoms. The van der Waals surface area contributed by atoms with E-state index in [1.165, 1.54) is 11.1 Å². The first-order valence-corrected chi connectivity index (χ1v) is 11.2. The van der Waals surface area contributed by atoms with Crippen molar-refractivity contribution in [1.29, 1.82) is 0 Å². The van der Waals surface area contributed by atoms with Crippen molar-refractivity contribution in [3.05, 3.63) is 64.7 Å². The van der Waals surface area contributed by atoms with E-state index in [0.717, 1.165) is 35.6 Å². The fraction of sp³-hybridized carbons (Fsp3) is 0.158. The van der Waals surface area contributed by atoms with Crippen LogP contribution < -0.4 is 14.4 Å². The van der Waals surface area contributed by atoms with E-state index in [1.54, 1.807) is 5.38 Å². The van der Waals surface area contributed by atoms with Gasteiger partial charge in [0, 0.05) is 28.9 Å². The summed E-state index contributed by atoms with van der Waals surface area (Å²) < 4.78 is 87.0. The lowest BCUT2D eigenvalue weighted by Gasteiger charge is -2.33. The Morgan fingerprint density at radius 2 is 2.03 bits per heavy atom. The second kappa shape index (κ2) is 7.95. The van der Waals surface area contributed by atoms with Crippen LogP contribution in [0.15, 0.2) is 46.8 Å². The zero-order valence-corrected chi connectivity index (χ0v) is 17.5. The van der Waals surface area contributed by atoms with Crippen LogP contribution >= 0.6 is 11.3 Å². The lowest BCUT2D eigenvalue weighted by Crippen LogP contribution is -2.30.